The average Bonchev–Trinajstić information content (AvgIpc) is 2.55. The second-order valence-electron chi connectivity index (χ2n) is 5.66. The predicted molar refractivity (Wildman–Crippen MR) is 84.6 cm³/mol. The van der Waals surface area contributed by atoms with E-state index in [2.05, 4.69) is 0 Å². The van der Waals surface area contributed by atoms with E-state index in [1.165, 1.54) is 0 Å². The Morgan fingerprint density at radius 3 is 2.65 bits per heavy atom. The molecule has 0 unspecified atom stereocenters. The van der Waals surface area contributed by atoms with E-state index in [-0.39, 0.29) is 25.0 Å². The van der Waals surface area contributed by atoms with Crippen LogP contribution in [0.1, 0.15) is 26.2 Å². The molecule has 0 aromatic heterocycles. The molecule has 0 radical (unpaired) electrons. The van der Waals surface area contributed by atoms with Crippen LogP contribution in [0.25, 0.3) is 0 Å². The maximum absolute atomic E-state index is 12.3. The number of para-hydroxylation sites is 2. The van der Waals surface area contributed by atoms with Gasteiger partial charge in [-0.15, -0.1) is 0 Å². The minimum Gasteiger partial charge on any atom is -0.493 e. The van der Waals surface area contributed by atoms with Crippen molar-refractivity contribution in [1.82, 2.24) is 4.90 Å². The van der Waals surface area contributed by atoms with Crippen molar-refractivity contribution >= 4 is 11.9 Å². The summed E-state index contributed by atoms with van der Waals surface area (Å²) in [5.74, 6) is -0.170. The van der Waals surface area contributed by atoms with Gasteiger partial charge in [0.25, 0.3) is 0 Å². The van der Waals surface area contributed by atoms with Gasteiger partial charge in [-0.05, 0) is 31.9 Å². The fourth-order valence-corrected chi connectivity index (χ4v) is 2.96. The minimum absolute atomic E-state index is 0.0710. The van der Waals surface area contributed by atoms with Crippen molar-refractivity contribution in [3.63, 3.8) is 0 Å². The molecule has 6 heteroatoms. The van der Waals surface area contributed by atoms with Crippen molar-refractivity contribution in [2.75, 3.05) is 20.3 Å². The lowest BCUT2D eigenvalue weighted by atomic mass is 9.90. The topological polar surface area (TPSA) is 76.1 Å². The fourth-order valence-electron chi connectivity index (χ4n) is 2.96. The minimum atomic E-state index is -0.833. The maximum atomic E-state index is 12.3. The lowest BCUT2D eigenvalue weighted by Crippen LogP contribution is -2.49. The number of ether oxygens (including phenoxy) is 2. The molecule has 6 nitrogen and oxygen atoms in total. The number of carboxylic acid groups (broad SMARTS) is 1. The van der Waals surface area contributed by atoms with Crippen LogP contribution in [0, 0.1) is 5.92 Å². The molecule has 1 aliphatic rings. The SMILES string of the molecule is COc1ccccc1OCCC(=O)N1CCC[C@H](C(=O)O)[C@@H]1C. The van der Waals surface area contributed by atoms with E-state index in [0.29, 0.717) is 24.5 Å². The Bertz CT molecular complexity index is 560. The normalized spacial score (nSPS) is 20.9. The number of hydrogen-bond acceptors (Lipinski definition) is 4. The molecule has 0 spiro atoms. The number of piperidine rings is 1. The van der Waals surface area contributed by atoms with Crippen molar-refractivity contribution in [3.8, 4) is 11.5 Å². The molecule has 1 aromatic rings. The van der Waals surface area contributed by atoms with Gasteiger partial charge in [0.05, 0.1) is 26.1 Å². The van der Waals surface area contributed by atoms with Crippen LogP contribution in [0.2, 0.25) is 0 Å². The van der Waals surface area contributed by atoms with Gasteiger partial charge in [-0.1, -0.05) is 12.1 Å². The first kappa shape index (κ1) is 17.1. The Hall–Kier alpha value is -2.24. The van der Waals surface area contributed by atoms with Crippen molar-refractivity contribution in [2.45, 2.75) is 32.2 Å². The number of aliphatic carboxylic acids is 1. The molecule has 0 saturated carbocycles. The molecule has 1 fully saturated rings. The summed E-state index contributed by atoms with van der Waals surface area (Å²) < 4.78 is 10.8. The summed E-state index contributed by atoms with van der Waals surface area (Å²) in [7, 11) is 1.56. The molecule has 1 aliphatic heterocycles. The highest BCUT2D eigenvalue weighted by Gasteiger charge is 2.34. The molecular formula is C17H23NO5. The predicted octanol–water partition coefficient (Wildman–Crippen LogP) is 2.18. The summed E-state index contributed by atoms with van der Waals surface area (Å²) >= 11 is 0. The Labute approximate surface area is 136 Å². The summed E-state index contributed by atoms with van der Waals surface area (Å²) in [6.07, 6.45) is 1.56. The monoisotopic (exact) mass is 321 g/mol. The number of carbonyl (C=O) groups excluding carboxylic acids is 1. The molecule has 1 amide bonds. The van der Waals surface area contributed by atoms with Crippen molar-refractivity contribution in [3.05, 3.63) is 24.3 Å². The zero-order chi connectivity index (χ0) is 16.8. The van der Waals surface area contributed by atoms with Crippen LogP contribution >= 0.6 is 0 Å². The number of amides is 1. The highest BCUT2D eigenvalue weighted by Crippen LogP contribution is 2.27. The molecule has 0 aliphatic carbocycles. The molecule has 126 valence electrons. The van der Waals surface area contributed by atoms with Crippen molar-refractivity contribution in [1.29, 1.82) is 0 Å². The lowest BCUT2D eigenvalue weighted by Gasteiger charge is -2.37. The summed E-state index contributed by atoms with van der Waals surface area (Å²) in [4.78, 5) is 25.2. The summed E-state index contributed by atoms with van der Waals surface area (Å²) in [5, 5.41) is 9.21. The Balaban J connectivity index is 1.88. The van der Waals surface area contributed by atoms with E-state index in [4.69, 9.17) is 9.47 Å². The number of methoxy groups -OCH3 is 1. The van der Waals surface area contributed by atoms with Gasteiger partial charge >= 0.3 is 5.97 Å². The number of hydrogen-bond donors (Lipinski definition) is 1. The number of benzene rings is 1. The van der Waals surface area contributed by atoms with E-state index >= 15 is 0 Å². The van der Waals surface area contributed by atoms with E-state index in [1.807, 2.05) is 12.1 Å². The number of likely N-dealkylation sites (tertiary alicyclic amines) is 1. The molecular weight excluding hydrogens is 298 g/mol. The third-order valence-electron chi connectivity index (χ3n) is 4.27. The molecule has 1 heterocycles. The number of carboxylic acids is 1. The zero-order valence-corrected chi connectivity index (χ0v) is 13.5. The van der Waals surface area contributed by atoms with Crippen LogP contribution in [-0.4, -0.2) is 48.2 Å². The standard InChI is InChI=1S/C17H23NO5/c1-12-13(17(20)21)6-5-10-18(12)16(19)9-11-23-15-8-4-3-7-14(15)22-2/h3-4,7-8,12-13H,5-6,9-11H2,1-2H3,(H,20,21)/t12-,13-/m0/s1. The Kier molecular flexibility index (Phi) is 5.84. The average molecular weight is 321 g/mol. The van der Waals surface area contributed by atoms with Gasteiger partial charge in [0.1, 0.15) is 0 Å². The second-order valence-corrected chi connectivity index (χ2v) is 5.66. The van der Waals surface area contributed by atoms with E-state index in [1.54, 1.807) is 31.1 Å². The summed E-state index contributed by atoms with van der Waals surface area (Å²) in [6, 6.07) is 6.98. The molecule has 1 aromatic carbocycles. The van der Waals surface area contributed by atoms with E-state index < -0.39 is 11.9 Å². The number of nitrogens with zero attached hydrogens (tertiary/aromatic N) is 1. The Morgan fingerprint density at radius 1 is 1.30 bits per heavy atom. The first-order valence-corrected chi connectivity index (χ1v) is 7.82. The first-order valence-electron chi connectivity index (χ1n) is 7.82. The van der Waals surface area contributed by atoms with Gasteiger partial charge in [-0.3, -0.25) is 9.59 Å². The smallest absolute Gasteiger partial charge is 0.308 e. The van der Waals surface area contributed by atoms with Crippen LogP contribution < -0.4 is 9.47 Å². The second kappa shape index (κ2) is 7.85. The quantitative estimate of drug-likeness (QED) is 0.869. The molecule has 2 rings (SSSR count). The number of carbonyl (C=O) groups is 2. The first-order chi connectivity index (χ1) is 11.0. The molecule has 2 atom stereocenters. The largest absolute Gasteiger partial charge is 0.493 e. The van der Waals surface area contributed by atoms with Crippen LogP contribution in [0.5, 0.6) is 11.5 Å². The van der Waals surface area contributed by atoms with Crippen LogP contribution in [0.4, 0.5) is 0 Å². The summed E-state index contributed by atoms with van der Waals surface area (Å²) in [6.45, 7) is 2.65. The third kappa shape index (κ3) is 4.15. The van der Waals surface area contributed by atoms with Gasteiger partial charge in [-0.25, -0.2) is 0 Å². The number of rotatable bonds is 6. The lowest BCUT2D eigenvalue weighted by molar-refractivity contribution is -0.149. The fraction of sp³-hybridized carbons (Fsp3) is 0.529. The van der Waals surface area contributed by atoms with E-state index in [0.717, 1.165) is 6.42 Å². The highest BCUT2D eigenvalue weighted by molar-refractivity contribution is 5.78. The van der Waals surface area contributed by atoms with Gasteiger partial charge in [-0.2, -0.15) is 0 Å². The molecule has 0 bridgehead atoms. The van der Waals surface area contributed by atoms with Crippen LogP contribution in [-0.2, 0) is 9.59 Å². The highest BCUT2D eigenvalue weighted by atomic mass is 16.5. The molecule has 23 heavy (non-hydrogen) atoms. The van der Waals surface area contributed by atoms with Gasteiger partial charge in [0, 0.05) is 12.6 Å². The summed E-state index contributed by atoms with van der Waals surface area (Å²) in [5.41, 5.74) is 0. The molecule has 1 N–H and O–H groups in total. The zero-order valence-electron chi connectivity index (χ0n) is 13.5. The van der Waals surface area contributed by atoms with Crippen LogP contribution in [0.3, 0.4) is 0 Å². The molecule has 1 saturated heterocycles. The van der Waals surface area contributed by atoms with Gasteiger partial charge < -0.3 is 19.5 Å². The Morgan fingerprint density at radius 2 is 2.00 bits per heavy atom. The maximum Gasteiger partial charge on any atom is 0.308 e. The van der Waals surface area contributed by atoms with Crippen molar-refractivity contribution in [2.24, 2.45) is 5.92 Å². The van der Waals surface area contributed by atoms with Crippen molar-refractivity contribution < 1.29 is 24.2 Å². The van der Waals surface area contributed by atoms with Gasteiger partial charge in [0.15, 0.2) is 11.5 Å². The van der Waals surface area contributed by atoms with E-state index in [9.17, 15) is 14.7 Å². The van der Waals surface area contributed by atoms with Crippen LogP contribution in [0.15, 0.2) is 24.3 Å². The van der Waals surface area contributed by atoms with Gasteiger partial charge in [0.2, 0.25) is 5.91 Å². The third-order valence-corrected chi connectivity index (χ3v) is 4.27.